The van der Waals surface area contributed by atoms with Gasteiger partial charge in [0.1, 0.15) is 0 Å². The van der Waals surface area contributed by atoms with Crippen LogP contribution in [0.1, 0.15) is 10.4 Å². The molecule has 2 aromatic heterocycles. The number of fused-ring (bicyclic) bond motifs is 1. The van der Waals surface area contributed by atoms with Gasteiger partial charge in [-0.25, -0.2) is 0 Å². The number of rotatable bonds is 2. The zero-order valence-corrected chi connectivity index (χ0v) is 10.9. The van der Waals surface area contributed by atoms with Crippen molar-refractivity contribution in [2.75, 3.05) is 11.1 Å². The average Bonchev–Trinajstić information content (AvgIpc) is 2.78. The minimum atomic E-state index is -0.231. The molecule has 6 heteroatoms. The second kappa shape index (κ2) is 4.65. The number of nitrogens with one attached hydrogen (secondary N) is 1. The number of hydrogen-bond donors (Lipinski definition) is 2. The molecule has 0 saturated carbocycles. The Morgan fingerprint density at radius 3 is 2.95 bits per heavy atom. The Hall–Kier alpha value is -2.89. The third kappa shape index (κ3) is 2.07. The number of benzene rings is 1. The molecule has 0 aliphatic heterocycles. The first-order chi connectivity index (χ1) is 9.65. The van der Waals surface area contributed by atoms with Crippen molar-refractivity contribution in [2.24, 2.45) is 7.05 Å². The third-order valence-corrected chi connectivity index (χ3v) is 3.06. The molecule has 3 aromatic rings. The van der Waals surface area contributed by atoms with E-state index in [0.717, 1.165) is 10.9 Å². The SMILES string of the molecule is Cn1ncc(N)c1NC(=O)c1ccc2ncccc2c1. The molecule has 3 N–H and O–H groups in total. The van der Waals surface area contributed by atoms with Crippen LogP contribution in [0.2, 0.25) is 0 Å². The van der Waals surface area contributed by atoms with Gasteiger partial charge in [0.2, 0.25) is 0 Å². The van der Waals surface area contributed by atoms with Gasteiger partial charge in [-0.05, 0) is 24.3 Å². The molecule has 20 heavy (non-hydrogen) atoms. The maximum absolute atomic E-state index is 12.2. The first-order valence-electron chi connectivity index (χ1n) is 6.09. The Kier molecular flexibility index (Phi) is 2.83. The predicted molar refractivity (Wildman–Crippen MR) is 77.3 cm³/mol. The molecule has 0 unspecified atom stereocenters. The van der Waals surface area contributed by atoms with Crippen molar-refractivity contribution in [2.45, 2.75) is 0 Å². The molecule has 0 atom stereocenters. The van der Waals surface area contributed by atoms with E-state index in [-0.39, 0.29) is 5.91 Å². The molecular weight excluding hydrogens is 254 g/mol. The van der Waals surface area contributed by atoms with Gasteiger partial charge in [-0.15, -0.1) is 0 Å². The molecule has 0 saturated heterocycles. The second-order valence-corrected chi connectivity index (χ2v) is 4.44. The van der Waals surface area contributed by atoms with E-state index in [1.54, 1.807) is 25.4 Å². The smallest absolute Gasteiger partial charge is 0.256 e. The first kappa shape index (κ1) is 12.2. The molecule has 3 rings (SSSR count). The highest BCUT2D eigenvalue weighted by atomic mass is 16.1. The van der Waals surface area contributed by atoms with E-state index in [9.17, 15) is 4.79 Å². The lowest BCUT2D eigenvalue weighted by atomic mass is 10.1. The van der Waals surface area contributed by atoms with Crippen LogP contribution in [0.5, 0.6) is 0 Å². The molecular formula is C14H13N5O. The molecule has 2 heterocycles. The number of pyridine rings is 1. The third-order valence-electron chi connectivity index (χ3n) is 3.06. The quantitative estimate of drug-likeness (QED) is 0.741. The number of hydrogen-bond acceptors (Lipinski definition) is 4. The highest BCUT2D eigenvalue weighted by molar-refractivity contribution is 6.06. The topological polar surface area (TPSA) is 85.8 Å². The van der Waals surface area contributed by atoms with Crippen LogP contribution in [0.25, 0.3) is 10.9 Å². The normalized spacial score (nSPS) is 10.7. The highest BCUT2D eigenvalue weighted by Gasteiger charge is 2.12. The highest BCUT2D eigenvalue weighted by Crippen LogP contribution is 2.18. The zero-order chi connectivity index (χ0) is 14.1. The number of amides is 1. The molecule has 0 spiro atoms. The van der Waals surface area contributed by atoms with Gasteiger partial charge < -0.3 is 11.1 Å². The summed E-state index contributed by atoms with van der Waals surface area (Å²) in [5.74, 6) is 0.257. The van der Waals surface area contributed by atoms with Crippen LogP contribution in [-0.4, -0.2) is 20.7 Å². The Morgan fingerprint density at radius 1 is 1.35 bits per heavy atom. The molecule has 0 radical (unpaired) electrons. The molecule has 0 bridgehead atoms. The lowest BCUT2D eigenvalue weighted by Crippen LogP contribution is -2.15. The Bertz CT molecular complexity index is 774. The minimum absolute atomic E-state index is 0.231. The van der Waals surface area contributed by atoms with Crippen LogP contribution >= 0.6 is 0 Å². The fourth-order valence-electron chi connectivity index (χ4n) is 2.00. The van der Waals surface area contributed by atoms with Gasteiger partial charge in [-0.3, -0.25) is 14.5 Å². The second-order valence-electron chi connectivity index (χ2n) is 4.44. The summed E-state index contributed by atoms with van der Waals surface area (Å²) in [6.45, 7) is 0. The summed E-state index contributed by atoms with van der Waals surface area (Å²) in [5, 5.41) is 7.65. The van der Waals surface area contributed by atoms with Crippen LogP contribution in [-0.2, 0) is 7.05 Å². The number of aromatic nitrogens is 3. The predicted octanol–water partition coefficient (Wildman–Crippen LogP) is 1.80. The summed E-state index contributed by atoms with van der Waals surface area (Å²) >= 11 is 0. The van der Waals surface area contributed by atoms with Gasteiger partial charge in [0, 0.05) is 24.2 Å². The monoisotopic (exact) mass is 267 g/mol. The Morgan fingerprint density at radius 2 is 2.20 bits per heavy atom. The number of nitrogens with two attached hydrogens (primary N) is 1. The van der Waals surface area contributed by atoms with Crippen LogP contribution in [0.3, 0.4) is 0 Å². The standard InChI is InChI=1S/C14H13N5O/c1-19-13(11(15)8-17-19)18-14(20)10-4-5-12-9(7-10)3-2-6-16-12/h2-8H,15H2,1H3,(H,18,20). The summed E-state index contributed by atoms with van der Waals surface area (Å²) < 4.78 is 1.52. The van der Waals surface area contributed by atoms with E-state index < -0.39 is 0 Å². The van der Waals surface area contributed by atoms with Gasteiger partial charge in [0.25, 0.3) is 5.91 Å². The van der Waals surface area contributed by atoms with Crippen molar-refractivity contribution in [3.05, 3.63) is 48.3 Å². The van der Waals surface area contributed by atoms with Gasteiger partial charge in [-0.2, -0.15) is 5.10 Å². The number of nitrogens with zero attached hydrogens (tertiary/aromatic N) is 3. The van der Waals surface area contributed by atoms with Crippen LogP contribution in [0.15, 0.2) is 42.7 Å². The van der Waals surface area contributed by atoms with E-state index >= 15 is 0 Å². The maximum atomic E-state index is 12.2. The molecule has 1 aromatic carbocycles. The molecule has 100 valence electrons. The minimum Gasteiger partial charge on any atom is -0.394 e. The van der Waals surface area contributed by atoms with Crippen molar-refractivity contribution >= 4 is 28.3 Å². The molecule has 0 fully saturated rings. The van der Waals surface area contributed by atoms with Crippen LogP contribution in [0, 0.1) is 0 Å². The van der Waals surface area contributed by atoms with Gasteiger partial charge in [0.15, 0.2) is 5.82 Å². The molecule has 0 aliphatic rings. The average molecular weight is 267 g/mol. The number of nitrogen functional groups attached to an aromatic ring is 1. The maximum Gasteiger partial charge on any atom is 0.256 e. The van der Waals surface area contributed by atoms with E-state index in [2.05, 4.69) is 15.4 Å². The van der Waals surface area contributed by atoms with Crippen LogP contribution in [0.4, 0.5) is 11.5 Å². The van der Waals surface area contributed by atoms with Crippen LogP contribution < -0.4 is 11.1 Å². The van der Waals surface area contributed by atoms with Gasteiger partial charge >= 0.3 is 0 Å². The number of anilines is 2. The molecule has 6 nitrogen and oxygen atoms in total. The van der Waals surface area contributed by atoms with E-state index in [1.807, 2.05) is 18.2 Å². The summed E-state index contributed by atoms with van der Waals surface area (Å²) in [7, 11) is 1.72. The largest absolute Gasteiger partial charge is 0.394 e. The van der Waals surface area contributed by atoms with E-state index in [1.165, 1.54) is 10.9 Å². The van der Waals surface area contributed by atoms with E-state index in [0.29, 0.717) is 17.1 Å². The summed E-state index contributed by atoms with van der Waals surface area (Å²) in [4.78, 5) is 16.5. The van der Waals surface area contributed by atoms with Gasteiger partial charge in [0.05, 0.1) is 17.4 Å². The van der Waals surface area contributed by atoms with Crippen molar-refractivity contribution < 1.29 is 4.79 Å². The van der Waals surface area contributed by atoms with Crippen molar-refractivity contribution in [3.8, 4) is 0 Å². The lowest BCUT2D eigenvalue weighted by Gasteiger charge is -2.07. The fourth-order valence-corrected chi connectivity index (χ4v) is 2.00. The fraction of sp³-hybridized carbons (Fsp3) is 0.0714. The Balaban J connectivity index is 1.93. The Labute approximate surface area is 115 Å². The zero-order valence-electron chi connectivity index (χ0n) is 10.9. The number of carbonyl (C=O) groups is 1. The number of aryl methyl sites for hydroxylation is 1. The van der Waals surface area contributed by atoms with Gasteiger partial charge in [-0.1, -0.05) is 6.07 Å². The summed E-state index contributed by atoms with van der Waals surface area (Å²) in [5.41, 5.74) is 7.58. The van der Waals surface area contributed by atoms with Crippen molar-refractivity contribution in [3.63, 3.8) is 0 Å². The first-order valence-corrected chi connectivity index (χ1v) is 6.09. The lowest BCUT2D eigenvalue weighted by molar-refractivity contribution is 0.102. The van der Waals surface area contributed by atoms with Crippen molar-refractivity contribution in [1.82, 2.24) is 14.8 Å². The summed E-state index contributed by atoms with van der Waals surface area (Å²) in [6, 6.07) is 9.10. The van der Waals surface area contributed by atoms with E-state index in [4.69, 9.17) is 5.73 Å². The van der Waals surface area contributed by atoms with Crippen molar-refractivity contribution in [1.29, 1.82) is 0 Å². The molecule has 1 amide bonds. The molecule has 0 aliphatic carbocycles. The number of carbonyl (C=O) groups excluding carboxylic acids is 1. The summed E-state index contributed by atoms with van der Waals surface area (Å²) in [6.07, 6.45) is 3.22.